The molecule has 0 bridgehead atoms. The Bertz CT molecular complexity index is 648. The first-order chi connectivity index (χ1) is 9.56. The molecule has 3 rings (SSSR count). The molecule has 0 unspecified atom stereocenters. The third-order valence-electron chi connectivity index (χ3n) is 4.02. The molecular weight excluding hydrogens is 316 g/mol. The number of nitrogens with two attached hydrogens (primary N) is 1. The molecule has 1 aromatic heterocycles. The van der Waals surface area contributed by atoms with Crippen LogP contribution in [0.2, 0.25) is 0 Å². The molecule has 1 aliphatic rings. The Morgan fingerprint density at radius 2 is 2.20 bits per heavy atom. The van der Waals surface area contributed by atoms with E-state index in [1.165, 1.54) is 16.8 Å². The topological polar surface area (TPSA) is 47.1 Å². The summed E-state index contributed by atoms with van der Waals surface area (Å²) in [6.07, 6.45) is 1.02. The third kappa shape index (κ3) is 2.36. The van der Waals surface area contributed by atoms with Crippen LogP contribution >= 0.6 is 15.9 Å². The van der Waals surface area contributed by atoms with E-state index >= 15 is 0 Å². The quantitative estimate of drug-likeness (QED) is 0.859. The highest BCUT2D eigenvalue weighted by Gasteiger charge is 2.20. The van der Waals surface area contributed by atoms with Gasteiger partial charge < -0.3 is 5.73 Å². The van der Waals surface area contributed by atoms with E-state index in [2.05, 4.69) is 32.0 Å². The van der Waals surface area contributed by atoms with Crippen LogP contribution < -0.4 is 5.73 Å². The lowest BCUT2D eigenvalue weighted by atomic mass is 9.98. The van der Waals surface area contributed by atoms with Crippen LogP contribution in [0.1, 0.15) is 22.5 Å². The van der Waals surface area contributed by atoms with E-state index in [0.717, 1.165) is 41.9 Å². The second-order valence-electron chi connectivity index (χ2n) is 5.42. The molecule has 1 aromatic carbocycles. The van der Waals surface area contributed by atoms with Crippen molar-refractivity contribution in [3.05, 3.63) is 45.2 Å². The second-order valence-corrected chi connectivity index (χ2v) is 6.21. The van der Waals surface area contributed by atoms with Crippen molar-refractivity contribution < 1.29 is 0 Å². The fourth-order valence-corrected chi connectivity index (χ4v) is 3.36. The third-order valence-corrected chi connectivity index (χ3v) is 5.05. The summed E-state index contributed by atoms with van der Waals surface area (Å²) in [5.41, 5.74) is 11.9. The van der Waals surface area contributed by atoms with Crippen LogP contribution in [0.25, 0.3) is 0 Å². The fraction of sp³-hybridized carbons (Fsp3) is 0.400. The number of hydrogen-bond donors (Lipinski definition) is 1. The Morgan fingerprint density at radius 3 is 2.90 bits per heavy atom. The van der Waals surface area contributed by atoms with E-state index < -0.39 is 0 Å². The van der Waals surface area contributed by atoms with Crippen LogP contribution in [-0.4, -0.2) is 21.2 Å². The summed E-state index contributed by atoms with van der Waals surface area (Å²) in [6.45, 7) is 4.93. The van der Waals surface area contributed by atoms with Gasteiger partial charge in [-0.1, -0.05) is 12.1 Å². The van der Waals surface area contributed by atoms with Crippen molar-refractivity contribution >= 4 is 21.6 Å². The molecule has 2 N–H and O–H groups in total. The number of fused-ring (bicyclic) bond motifs is 1. The summed E-state index contributed by atoms with van der Waals surface area (Å²) >= 11 is 3.64. The molecule has 0 aliphatic carbocycles. The molecule has 0 saturated carbocycles. The summed E-state index contributed by atoms with van der Waals surface area (Å²) in [5.74, 6) is 0. The number of halogens is 1. The van der Waals surface area contributed by atoms with Crippen LogP contribution in [0, 0.1) is 6.92 Å². The summed E-state index contributed by atoms with van der Waals surface area (Å²) in [6, 6.07) is 6.22. The second kappa shape index (κ2) is 5.22. The van der Waals surface area contributed by atoms with E-state index in [4.69, 9.17) is 5.73 Å². The number of anilines is 1. The van der Waals surface area contributed by atoms with Gasteiger partial charge >= 0.3 is 0 Å². The molecule has 106 valence electrons. The Morgan fingerprint density at radius 1 is 1.40 bits per heavy atom. The van der Waals surface area contributed by atoms with E-state index in [9.17, 15) is 0 Å². The highest BCUT2D eigenvalue weighted by Crippen LogP contribution is 2.27. The number of hydrogen-bond acceptors (Lipinski definition) is 3. The van der Waals surface area contributed by atoms with Gasteiger partial charge in [0.25, 0.3) is 0 Å². The summed E-state index contributed by atoms with van der Waals surface area (Å²) in [5, 5.41) is 4.46. The van der Waals surface area contributed by atoms with Gasteiger partial charge in [-0.15, -0.1) is 0 Å². The maximum Gasteiger partial charge on any atom is 0.0739 e. The van der Waals surface area contributed by atoms with Gasteiger partial charge in [-0.05, 0) is 46.5 Å². The first-order valence-electron chi connectivity index (χ1n) is 6.83. The van der Waals surface area contributed by atoms with Gasteiger partial charge in [-0.25, -0.2) is 0 Å². The molecule has 2 aromatic rings. The van der Waals surface area contributed by atoms with E-state index in [-0.39, 0.29) is 0 Å². The Balaban J connectivity index is 1.81. The number of aromatic nitrogens is 2. The largest absolute Gasteiger partial charge is 0.398 e. The van der Waals surface area contributed by atoms with Crippen molar-refractivity contribution in [1.82, 2.24) is 14.7 Å². The van der Waals surface area contributed by atoms with Crippen molar-refractivity contribution in [3.63, 3.8) is 0 Å². The summed E-state index contributed by atoms with van der Waals surface area (Å²) in [7, 11) is 2.00. The number of nitrogens with zero attached hydrogens (tertiary/aromatic N) is 3. The normalized spacial score (nSPS) is 15.3. The first kappa shape index (κ1) is 13.6. The minimum Gasteiger partial charge on any atom is -0.398 e. The monoisotopic (exact) mass is 334 g/mol. The minimum atomic E-state index is 0.909. The number of nitrogen functional groups attached to an aromatic ring is 1. The fourth-order valence-electron chi connectivity index (χ4n) is 2.90. The molecule has 1 aliphatic heterocycles. The minimum absolute atomic E-state index is 0.909. The van der Waals surface area contributed by atoms with E-state index in [0.29, 0.717) is 0 Å². The highest BCUT2D eigenvalue weighted by molar-refractivity contribution is 9.10. The van der Waals surface area contributed by atoms with Crippen molar-refractivity contribution in [1.29, 1.82) is 0 Å². The zero-order valence-corrected chi connectivity index (χ0v) is 13.4. The van der Waals surface area contributed by atoms with Crippen molar-refractivity contribution in [2.24, 2.45) is 7.05 Å². The summed E-state index contributed by atoms with van der Waals surface area (Å²) < 4.78 is 3.09. The Kier molecular flexibility index (Phi) is 3.56. The molecular formula is C15H19BrN4. The van der Waals surface area contributed by atoms with Crippen LogP contribution in [0.5, 0.6) is 0 Å². The predicted octanol–water partition coefficient (Wildman–Crippen LogP) is 2.63. The highest BCUT2D eigenvalue weighted by atomic mass is 79.9. The molecule has 0 atom stereocenters. The number of benzene rings is 1. The standard InChI is InChI=1S/C15H19BrN4/c1-10-15(16)14(19(2)18-10)9-20-7-6-12-11(8-20)4-3-5-13(12)17/h3-5H,6-9,17H2,1-2H3. The van der Waals surface area contributed by atoms with Crippen LogP contribution in [0.15, 0.2) is 22.7 Å². The van der Waals surface area contributed by atoms with Crippen LogP contribution in [-0.2, 0) is 26.6 Å². The molecule has 4 nitrogen and oxygen atoms in total. The Hall–Kier alpha value is -1.33. The van der Waals surface area contributed by atoms with Gasteiger partial charge in [-0.3, -0.25) is 9.58 Å². The maximum absolute atomic E-state index is 6.05. The molecule has 20 heavy (non-hydrogen) atoms. The smallest absolute Gasteiger partial charge is 0.0739 e. The SMILES string of the molecule is Cc1nn(C)c(CN2CCc3c(N)cccc3C2)c1Br. The lowest BCUT2D eigenvalue weighted by Gasteiger charge is -2.29. The van der Waals surface area contributed by atoms with Crippen molar-refractivity contribution in [2.75, 3.05) is 12.3 Å². The number of rotatable bonds is 2. The van der Waals surface area contributed by atoms with Gasteiger partial charge in [-0.2, -0.15) is 5.10 Å². The van der Waals surface area contributed by atoms with Crippen LogP contribution in [0.4, 0.5) is 5.69 Å². The first-order valence-corrected chi connectivity index (χ1v) is 7.62. The molecule has 2 heterocycles. The molecule has 5 heteroatoms. The number of aryl methyl sites for hydroxylation is 2. The summed E-state index contributed by atoms with van der Waals surface area (Å²) in [4.78, 5) is 2.45. The van der Waals surface area contributed by atoms with Crippen LogP contribution in [0.3, 0.4) is 0 Å². The van der Waals surface area contributed by atoms with Gasteiger partial charge in [0.1, 0.15) is 0 Å². The zero-order valence-electron chi connectivity index (χ0n) is 11.9. The lowest BCUT2D eigenvalue weighted by molar-refractivity contribution is 0.239. The molecule has 0 saturated heterocycles. The van der Waals surface area contributed by atoms with E-state index in [1.54, 1.807) is 0 Å². The average molecular weight is 335 g/mol. The van der Waals surface area contributed by atoms with E-state index in [1.807, 2.05) is 30.8 Å². The van der Waals surface area contributed by atoms with Gasteiger partial charge in [0, 0.05) is 32.4 Å². The molecule has 0 spiro atoms. The molecule has 0 radical (unpaired) electrons. The molecule has 0 amide bonds. The van der Waals surface area contributed by atoms with Gasteiger partial charge in [0.15, 0.2) is 0 Å². The average Bonchev–Trinajstić information content (AvgIpc) is 2.66. The Labute approximate surface area is 127 Å². The predicted molar refractivity (Wildman–Crippen MR) is 84.3 cm³/mol. The van der Waals surface area contributed by atoms with Crippen molar-refractivity contribution in [3.8, 4) is 0 Å². The molecule has 0 fully saturated rings. The maximum atomic E-state index is 6.05. The van der Waals surface area contributed by atoms with Crippen molar-refractivity contribution in [2.45, 2.75) is 26.4 Å². The zero-order chi connectivity index (χ0) is 14.3. The van der Waals surface area contributed by atoms with Gasteiger partial charge in [0.2, 0.25) is 0 Å². The van der Waals surface area contributed by atoms with Gasteiger partial charge in [0.05, 0.1) is 15.9 Å². The lowest BCUT2D eigenvalue weighted by Crippen LogP contribution is -2.31.